The number of benzene rings is 1. The first-order chi connectivity index (χ1) is 8.24. The molecule has 2 aliphatic heterocycles. The van der Waals surface area contributed by atoms with E-state index in [-0.39, 0.29) is 0 Å². The zero-order valence-corrected chi connectivity index (χ0v) is 10.7. The molecule has 2 bridgehead atoms. The molecule has 2 nitrogen and oxygen atoms in total. The monoisotopic (exact) mass is 233 g/mol. The van der Waals surface area contributed by atoms with Crippen molar-refractivity contribution >= 4 is 0 Å². The maximum Gasteiger partial charge on any atom is 0.115 e. The summed E-state index contributed by atoms with van der Waals surface area (Å²) in [5.41, 5.74) is 1.17. The highest BCUT2D eigenvalue weighted by Crippen LogP contribution is 2.24. The fourth-order valence-corrected chi connectivity index (χ4v) is 2.72. The molecule has 2 fully saturated rings. The maximum atomic E-state index is 8.76. The van der Waals surface area contributed by atoms with E-state index in [4.69, 9.17) is 5.11 Å². The Bertz CT molecular complexity index is 292. The molecule has 2 N–H and O–H groups in total. The van der Waals surface area contributed by atoms with E-state index in [0.29, 0.717) is 5.75 Å². The van der Waals surface area contributed by atoms with Crippen LogP contribution in [0.2, 0.25) is 0 Å². The van der Waals surface area contributed by atoms with Crippen molar-refractivity contribution in [2.75, 3.05) is 0 Å². The van der Waals surface area contributed by atoms with Crippen LogP contribution in [0.25, 0.3) is 0 Å². The molecule has 0 unspecified atom stereocenters. The third-order valence-electron chi connectivity index (χ3n) is 3.72. The molecule has 0 atom stereocenters. The van der Waals surface area contributed by atoms with Crippen molar-refractivity contribution in [1.82, 2.24) is 5.32 Å². The number of aromatic hydroxyl groups is 1. The molecule has 2 heterocycles. The zero-order chi connectivity index (χ0) is 12.1. The van der Waals surface area contributed by atoms with Crippen LogP contribution >= 0.6 is 0 Å². The van der Waals surface area contributed by atoms with Gasteiger partial charge in [-0.1, -0.05) is 30.5 Å². The van der Waals surface area contributed by atoms with Gasteiger partial charge in [0, 0.05) is 12.1 Å². The Labute approximate surface area is 104 Å². The van der Waals surface area contributed by atoms with E-state index < -0.39 is 0 Å². The molecule has 1 aromatic rings. The summed E-state index contributed by atoms with van der Waals surface area (Å²) in [6.45, 7) is 1.99. The van der Waals surface area contributed by atoms with Crippen molar-refractivity contribution in [3.05, 3.63) is 29.8 Å². The van der Waals surface area contributed by atoms with Gasteiger partial charge in [0.15, 0.2) is 0 Å². The lowest BCUT2D eigenvalue weighted by Crippen LogP contribution is -2.45. The predicted molar refractivity (Wildman–Crippen MR) is 71.3 cm³/mol. The van der Waals surface area contributed by atoms with Crippen LogP contribution in [0.5, 0.6) is 5.75 Å². The van der Waals surface area contributed by atoms with E-state index in [9.17, 15) is 0 Å². The molecule has 2 heteroatoms. The van der Waals surface area contributed by atoms with Crippen LogP contribution in [-0.2, 0) is 0 Å². The zero-order valence-electron chi connectivity index (χ0n) is 10.7. The molecule has 2 saturated heterocycles. The molecule has 0 spiro atoms. The quantitative estimate of drug-likeness (QED) is 0.720. The van der Waals surface area contributed by atoms with E-state index >= 15 is 0 Å². The number of hydrogen-bond donors (Lipinski definition) is 2. The molecule has 94 valence electrons. The van der Waals surface area contributed by atoms with E-state index in [1.807, 2.05) is 19.1 Å². The van der Waals surface area contributed by atoms with Gasteiger partial charge in [0.25, 0.3) is 0 Å². The molecular weight excluding hydrogens is 210 g/mol. The van der Waals surface area contributed by atoms with E-state index in [2.05, 4.69) is 5.32 Å². The summed E-state index contributed by atoms with van der Waals surface area (Å²) in [5, 5.41) is 12.4. The van der Waals surface area contributed by atoms with E-state index in [0.717, 1.165) is 12.1 Å². The minimum atomic E-state index is 0.329. The standard InChI is InChI=1S/C8H15N.C7H8O/c1-3-7-5-2-6-8(4-1)9-7;1-6-2-4-7(8)5-3-6/h7-9H,1-6H2;2-5,8H,1H3. The summed E-state index contributed by atoms with van der Waals surface area (Å²) < 4.78 is 0. The second-order valence-corrected chi connectivity index (χ2v) is 5.26. The highest BCUT2D eigenvalue weighted by molar-refractivity contribution is 5.24. The number of aryl methyl sites for hydroxylation is 1. The number of fused-ring (bicyclic) bond motifs is 2. The summed E-state index contributed by atoms with van der Waals surface area (Å²) in [4.78, 5) is 0. The van der Waals surface area contributed by atoms with Crippen LogP contribution in [0.3, 0.4) is 0 Å². The summed E-state index contributed by atoms with van der Waals surface area (Å²) >= 11 is 0. The van der Waals surface area contributed by atoms with Crippen LogP contribution in [0.4, 0.5) is 0 Å². The molecule has 0 radical (unpaired) electrons. The fourth-order valence-electron chi connectivity index (χ4n) is 2.72. The van der Waals surface area contributed by atoms with Crippen molar-refractivity contribution in [2.45, 2.75) is 57.5 Å². The summed E-state index contributed by atoms with van der Waals surface area (Å²) in [6.07, 6.45) is 8.71. The van der Waals surface area contributed by atoms with Gasteiger partial charge < -0.3 is 10.4 Å². The molecule has 0 saturated carbocycles. The average Bonchev–Trinajstić information content (AvgIpc) is 2.34. The number of piperidine rings is 2. The van der Waals surface area contributed by atoms with Gasteiger partial charge >= 0.3 is 0 Å². The van der Waals surface area contributed by atoms with Gasteiger partial charge in [0.2, 0.25) is 0 Å². The highest BCUT2D eigenvalue weighted by atomic mass is 16.3. The topological polar surface area (TPSA) is 32.3 Å². The third-order valence-corrected chi connectivity index (χ3v) is 3.72. The SMILES string of the molecule is C1CC2CCCC(C1)N2.Cc1ccc(O)cc1. The van der Waals surface area contributed by atoms with Crippen molar-refractivity contribution in [2.24, 2.45) is 0 Å². The second kappa shape index (κ2) is 6.06. The first-order valence-corrected chi connectivity index (χ1v) is 6.76. The molecular formula is C15H23NO. The Morgan fingerprint density at radius 3 is 1.76 bits per heavy atom. The van der Waals surface area contributed by atoms with Crippen molar-refractivity contribution in [3.8, 4) is 5.75 Å². The maximum absolute atomic E-state index is 8.76. The number of rotatable bonds is 0. The Balaban J connectivity index is 0.000000128. The summed E-state index contributed by atoms with van der Waals surface area (Å²) in [5.74, 6) is 0.329. The molecule has 0 aromatic heterocycles. The predicted octanol–water partition coefficient (Wildman–Crippen LogP) is 3.38. The van der Waals surface area contributed by atoms with Gasteiger partial charge in [0.05, 0.1) is 0 Å². The minimum absolute atomic E-state index is 0.329. The normalized spacial score (nSPS) is 26.9. The van der Waals surface area contributed by atoms with Gasteiger partial charge in [-0.05, 0) is 44.7 Å². The lowest BCUT2D eigenvalue weighted by atomic mass is 9.87. The second-order valence-electron chi connectivity index (χ2n) is 5.26. The number of phenols is 1. The molecule has 0 aliphatic carbocycles. The highest BCUT2D eigenvalue weighted by Gasteiger charge is 2.24. The lowest BCUT2D eigenvalue weighted by molar-refractivity contribution is 0.243. The molecule has 0 amide bonds. The van der Waals surface area contributed by atoms with Crippen molar-refractivity contribution < 1.29 is 5.11 Å². The lowest BCUT2D eigenvalue weighted by Gasteiger charge is -2.35. The first-order valence-electron chi connectivity index (χ1n) is 6.76. The van der Waals surface area contributed by atoms with Crippen molar-refractivity contribution in [3.63, 3.8) is 0 Å². The van der Waals surface area contributed by atoms with Gasteiger partial charge in [-0.3, -0.25) is 0 Å². The molecule has 2 aliphatic rings. The van der Waals surface area contributed by atoms with Crippen LogP contribution in [0, 0.1) is 6.92 Å². The minimum Gasteiger partial charge on any atom is -0.508 e. The van der Waals surface area contributed by atoms with Gasteiger partial charge in [-0.25, -0.2) is 0 Å². The summed E-state index contributed by atoms with van der Waals surface area (Å²) in [6, 6.07) is 8.89. The number of hydrogen-bond acceptors (Lipinski definition) is 2. The van der Waals surface area contributed by atoms with Crippen LogP contribution < -0.4 is 5.32 Å². The van der Waals surface area contributed by atoms with Crippen LogP contribution in [0.1, 0.15) is 44.1 Å². The Morgan fingerprint density at radius 2 is 1.41 bits per heavy atom. The van der Waals surface area contributed by atoms with Gasteiger partial charge in [-0.2, -0.15) is 0 Å². The average molecular weight is 233 g/mol. The smallest absolute Gasteiger partial charge is 0.115 e. The Hall–Kier alpha value is -1.02. The van der Waals surface area contributed by atoms with Gasteiger partial charge in [-0.15, -0.1) is 0 Å². The number of phenolic OH excluding ortho intramolecular Hbond substituents is 1. The van der Waals surface area contributed by atoms with Gasteiger partial charge in [0.1, 0.15) is 5.75 Å². The third kappa shape index (κ3) is 4.04. The molecule has 17 heavy (non-hydrogen) atoms. The largest absolute Gasteiger partial charge is 0.508 e. The summed E-state index contributed by atoms with van der Waals surface area (Å²) in [7, 11) is 0. The fraction of sp³-hybridized carbons (Fsp3) is 0.600. The van der Waals surface area contributed by atoms with Crippen molar-refractivity contribution in [1.29, 1.82) is 0 Å². The Morgan fingerprint density at radius 1 is 0.941 bits per heavy atom. The number of nitrogens with one attached hydrogen (secondary N) is 1. The Kier molecular flexibility index (Phi) is 4.43. The molecule has 1 aromatic carbocycles. The first kappa shape index (κ1) is 12.4. The van der Waals surface area contributed by atoms with E-state index in [1.54, 1.807) is 12.1 Å². The van der Waals surface area contributed by atoms with E-state index in [1.165, 1.54) is 44.1 Å². The van der Waals surface area contributed by atoms with Crippen LogP contribution in [0.15, 0.2) is 24.3 Å². The molecule has 3 rings (SSSR count). The van der Waals surface area contributed by atoms with Crippen LogP contribution in [-0.4, -0.2) is 17.2 Å².